The fourth-order valence-corrected chi connectivity index (χ4v) is 6.48. The first-order valence-electron chi connectivity index (χ1n) is 15.5. The van der Waals surface area contributed by atoms with E-state index in [1.54, 1.807) is 42.1 Å². The number of anilines is 2. The minimum absolute atomic E-state index is 0.0246. The number of rotatable bonds is 13. The predicted molar refractivity (Wildman–Crippen MR) is 183 cm³/mol. The van der Waals surface area contributed by atoms with E-state index in [0.717, 1.165) is 6.92 Å². The van der Waals surface area contributed by atoms with E-state index in [9.17, 15) is 14.4 Å². The fraction of sp³-hybridized carbons (Fsp3) is 0.424. The quantitative estimate of drug-likeness (QED) is 0.0664. The second-order valence-electron chi connectivity index (χ2n) is 11.7. The number of nitrogens with zero attached hydrogens (tertiary/aromatic N) is 5. The Kier molecular flexibility index (Phi) is 10.9. The molecular formula is C33H36ClN7O8S. The highest BCUT2D eigenvalue weighted by atomic mass is 35.5. The van der Waals surface area contributed by atoms with Crippen LogP contribution in [0.5, 0.6) is 0 Å². The minimum Gasteiger partial charge on any atom is -0.464 e. The molecule has 17 heteroatoms. The van der Waals surface area contributed by atoms with Gasteiger partial charge in [0, 0.05) is 37.4 Å². The maximum absolute atomic E-state index is 13.9. The summed E-state index contributed by atoms with van der Waals surface area (Å²) < 4.78 is 31.6. The lowest BCUT2D eigenvalue weighted by molar-refractivity contribution is -0.190. The van der Waals surface area contributed by atoms with Crippen molar-refractivity contribution in [2.24, 2.45) is 0 Å². The third kappa shape index (κ3) is 7.22. The third-order valence-electron chi connectivity index (χ3n) is 7.75. The van der Waals surface area contributed by atoms with E-state index >= 15 is 0 Å². The molecule has 15 nitrogen and oxygen atoms in total. The summed E-state index contributed by atoms with van der Waals surface area (Å²) in [6, 6.07) is 6.86. The summed E-state index contributed by atoms with van der Waals surface area (Å²) >= 11 is 7.57. The normalized spacial score (nSPS) is 21.4. The summed E-state index contributed by atoms with van der Waals surface area (Å²) in [7, 11) is 0. The number of benzene rings is 1. The summed E-state index contributed by atoms with van der Waals surface area (Å²) in [5.41, 5.74) is 5.59. The Balaban J connectivity index is 1.63. The zero-order valence-corrected chi connectivity index (χ0v) is 29.5. The Hall–Kier alpha value is -4.82. The van der Waals surface area contributed by atoms with Gasteiger partial charge in [0.25, 0.3) is 0 Å². The molecule has 50 heavy (non-hydrogen) atoms. The molecule has 0 spiro atoms. The first-order chi connectivity index (χ1) is 23.8. The van der Waals surface area contributed by atoms with Crippen LogP contribution in [0, 0.1) is 12.3 Å². The van der Waals surface area contributed by atoms with Crippen LogP contribution in [0.3, 0.4) is 0 Å². The number of nitrogen functional groups attached to an aromatic ring is 1. The molecule has 0 bridgehead atoms. The molecule has 5 rings (SSSR count). The molecule has 1 unspecified atom stereocenters. The number of thiazole rings is 1. The lowest BCUT2D eigenvalue weighted by atomic mass is 9.89. The van der Waals surface area contributed by atoms with Gasteiger partial charge in [0.05, 0.1) is 30.7 Å². The van der Waals surface area contributed by atoms with Crippen LogP contribution in [-0.2, 0) is 50.1 Å². The highest BCUT2D eigenvalue weighted by Gasteiger charge is 2.63. The highest BCUT2D eigenvalue weighted by Crippen LogP contribution is 2.45. The topological polar surface area (TPSA) is 192 Å². The molecule has 5 atom stereocenters. The molecule has 1 fully saturated rings. The number of aromatic nitrogens is 5. The van der Waals surface area contributed by atoms with Crippen molar-refractivity contribution < 1.29 is 38.1 Å². The van der Waals surface area contributed by atoms with Crippen molar-refractivity contribution in [2.75, 3.05) is 24.3 Å². The number of fused-ring (bicyclic) bond motifs is 1. The van der Waals surface area contributed by atoms with E-state index in [-0.39, 0.29) is 35.7 Å². The average molecular weight is 726 g/mol. The van der Waals surface area contributed by atoms with Crippen LogP contribution < -0.4 is 11.1 Å². The summed E-state index contributed by atoms with van der Waals surface area (Å²) in [4.78, 5) is 56.7. The zero-order chi connectivity index (χ0) is 36.2. The van der Waals surface area contributed by atoms with Gasteiger partial charge < -0.3 is 34.7 Å². The molecule has 0 radical (unpaired) electrons. The average Bonchev–Trinajstić information content (AvgIpc) is 3.80. The molecule has 3 aromatic heterocycles. The second kappa shape index (κ2) is 15.0. The van der Waals surface area contributed by atoms with Gasteiger partial charge in [0.15, 0.2) is 23.2 Å². The molecule has 3 N–H and O–H groups in total. The molecule has 1 saturated heterocycles. The van der Waals surface area contributed by atoms with E-state index in [1.807, 2.05) is 13.8 Å². The van der Waals surface area contributed by atoms with Gasteiger partial charge in [-0.1, -0.05) is 18.1 Å². The van der Waals surface area contributed by atoms with Crippen LogP contribution in [0.1, 0.15) is 52.1 Å². The molecule has 264 valence electrons. The van der Waals surface area contributed by atoms with Crippen molar-refractivity contribution in [1.82, 2.24) is 24.5 Å². The van der Waals surface area contributed by atoms with Crippen LogP contribution in [-0.4, -0.2) is 79.5 Å². The predicted octanol–water partition coefficient (Wildman–Crippen LogP) is 3.82. The number of carbonyl (C=O) groups is 3. The number of halogens is 1. The molecular weight excluding hydrogens is 690 g/mol. The number of nitrogens with two attached hydrogens (primary N) is 1. The summed E-state index contributed by atoms with van der Waals surface area (Å²) in [5, 5.41) is 4.74. The van der Waals surface area contributed by atoms with E-state index < -0.39 is 54.2 Å². The second-order valence-corrected chi connectivity index (χ2v) is 12.7. The van der Waals surface area contributed by atoms with E-state index in [1.165, 1.54) is 29.2 Å². The van der Waals surface area contributed by atoms with E-state index in [4.69, 9.17) is 47.4 Å². The lowest BCUT2D eigenvalue weighted by Gasteiger charge is -2.35. The molecule has 0 saturated carbocycles. The van der Waals surface area contributed by atoms with Crippen LogP contribution >= 0.6 is 22.9 Å². The molecule has 1 aliphatic heterocycles. The smallest absolute Gasteiger partial charge is 0.345 e. The Labute approximate surface area is 296 Å². The summed E-state index contributed by atoms with van der Waals surface area (Å²) in [5.74, 6) is 0.588. The van der Waals surface area contributed by atoms with Crippen molar-refractivity contribution in [3.05, 3.63) is 58.0 Å². The summed E-state index contributed by atoms with van der Waals surface area (Å²) in [6.07, 6.45) is 3.42. The Morgan fingerprint density at radius 3 is 2.54 bits per heavy atom. The number of carbonyl (C=O) groups excluding carboxylic acids is 3. The summed E-state index contributed by atoms with van der Waals surface area (Å²) in [6.45, 7) is 7.38. The van der Waals surface area contributed by atoms with Gasteiger partial charge in [-0.3, -0.25) is 14.2 Å². The van der Waals surface area contributed by atoms with Crippen molar-refractivity contribution in [2.45, 2.75) is 76.7 Å². The number of hydrogen-bond acceptors (Lipinski definition) is 15. The van der Waals surface area contributed by atoms with Crippen molar-refractivity contribution in [1.29, 1.82) is 0 Å². The van der Waals surface area contributed by atoms with Gasteiger partial charge in [-0.15, -0.1) is 17.8 Å². The van der Waals surface area contributed by atoms with Crippen LogP contribution in [0.2, 0.25) is 5.28 Å². The van der Waals surface area contributed by atoms with Gasteiger partial charge in [-0.25, -0.2) is 14.8 Å². The number of ether oxygens (including phenoxy) is 5. The largest absolute Gasteiger partial charge is 0.464 e. The lowest BCUT2D eigenvalue weighted by Crippen LogP contribution is -2.54. The monoisotopic (exact) mass is 725 g/mol. The van der Waals surface area contributed by atoms with Crippen molar-refractivity contribution in [3.63, 3.8) is 0 Å². The SMILES string of the molecule is C#C[C@@]1(OC(C)=O)[C@@H](COC(Cc2ccc(N)cc2)(C(=O)OCC)c2cscn2)O[C@@H](n2cnc3c(NC(C)C)nc(Cl)nc32)[C@@H]1OC(C)=O. The van der Waals surface area contributed by atoms with Crippen molar-refractivity contribution >= 4 is 63.5 Å². The van der Waals surface area contributed by atoms with Crippen molar-refractivity contribution in [3.8, 4) is 12.3 Å². The minimum atomic E-state index is -2.07. The fourth-order valence-electron chi connectivity index (χ4n) is 5.70. The van der Waals surface area contributed by atoms with Gasteiger partial charge in [-0.2, -0.15) is 9.97 Å². The molecule has 4 heterocycles. The van der Waals surface area contributed by atoms with Gasteiger partial charge in [0.2, 0.25) is 22.6 Å². The Morgan fingerprint density at radius 1 is 1.20 bits per heavy atom. The van der Waals surface area contributed by atoms with Gasteiger partial charge >= 0.3 is 17.9 Å². The highest BCUT2D eigenvalue weighted by molar-refractivity contribution is 7.07. The van der Waals surface area contributed by atoms with Crippen LogP contribution in [0.15, 0.2) is 41.5 Å². The first kappa shape index (κ1) is 36.5. The first-order valence-corrected chi connectivity index (χ1v) is 16.9. The third-order valence-corrected chi connectivity index (χ3v) is 8.51. The maximum atomic E-state index is 13.9. The Bertz CT molecular complexity index is 1900. The molecule has 0 aliphatic carbocycles. The molecule has 1 aliphatic rings. The molecule has 1 aromatic carbocycles. The van der Waals surface area contributed by atoms with E-state index in [2.05, 4.69) is 31.2 Å². The zero-order valence-electron chi connectivity index (χ0n) is 27.9. The maximum Gasteiger partial charge on any atom is 0.345 e. The van der Waals surface area contributed by atoms with Crippen LogP contribution in [0.25, 0.3) is 11.2 Å². The van der Waals surface area contributed by atoms with E-state index in [0.29, 0.717) is 22.6 Å². The Morgan fingerprint density at radius 2 is 1.94 bits per heavy atom. The number of terminal acetylenes is 1. The number of nitrogens with one attached hydrogen (secondary N) is 1. The number of esters is 3. The molecule has 4 aromatic rings. The van der Waals surface area contributed by atoms with Gasteiger partial charge in [0.1, 0.15) is 6.10 Å². The molecule has 0 amide bonds. The standard InChI is InChI=1S/C33H36ClN7O8S/c1-7-32(49-20(6)43)24(14-46-33(30(44)45-8-2,23-15-50-17-37-23)13-21-9-11-22(35)12-10-21)48-29(26(32)47-19(5)42)41-16-36-25-27(38-18(3)4)39-31(34)40-28(25)41/h1,9-12,15-18,24,26,29H,8,13-14,35H2,2-6H3,(H,38,39,40)/t24-,26+,29-,32-,33?/m1/s1. The number of imidazole rings is 1. The van der Waals surface area contributed by atoms with Gasteiger partial charge in [-0.05, 0) is 50.1 Å². The number of hydrogen-bond donors (Lipinski definition) is 2. The van der Waals surface area contributed by atoms with Crippen LogP contribution in [0.4, 0.5) is 11.5 Å².